The van der Waals surface area contributed by atoms with Gasteiger partial charge in [-0.2, -0.15) is 5.10 Å². The number of rotatable bonds is 5. The molecule has 0 radical (unpaired) electrons. The maximum Gasteiger partial charge on any atom is 0.243 e. The topological polar surface area (TPSA) is 54.3 Å². The Kier molecular flexibility index (Phi) is 6.55. The number of carbonyl (C=O) groups excluding carboxylic acids is 1. The van der Waals surface area contributed by atoms with E-state index in [0.29, 0.717) is 21.0 Å². The highest BCUT2D eigenvalue weighted by atomic mass is 35.5. The number of hydrogen-bond acceptors (Lipinski definition) is 5. The van der Waals surface area contributed by atoms with Crippen molar-refractivity contribution in [3.63, 3.8) is 0 Å². The van der Waals surface area contributed by atoms with E-state index in [0.717, 1.165) is 17.0 Å². The molecule has 0 aliphatic carbocycles. The van der Waals surface area contributed by atoms with Gasteiger partial charge in [0.15, 0.2) is 5.17 Å². The van der Waals surface area contributed by atoms with Gasteiger partial charge in [0.05, 0.1) is 24.8 Å². The second-order valence-electron chi connectivity index (χ2n) is 5.38. The molecular formula is C19H15Cl2N3O2S. The predicted octanol–water partition coefficient (Wildman–Crippen LogP) is 5.05. The predicted molar refractivity (Wildman–Crippen MR) is 114 cm³/mol. The standard InChI is InChI=1S/C19H15Cl2N3O2S/c1-26-16-8-6-15(7-9-16)24-18(25)12-27-19(24)23-22-11-10-17(21)13-2-4-14(20)5-3-13/h2-11H,12H2,1H3/b17-10-,22-11?,23-19?. The second kappa shape index (κ2) is 9.08. The number of methoxy groups -OCH3 is 1. The summed E-state index contributed by atoms with van der Waals surface area (Å²) >= 11 is 13.4. The van der Waals surface area contributed by atoms with E-state index in [9.17, 15) is 4.79 Å². The molecule has 0 N–H and O–H groups in total. The van der Waals surface area contributed by atoms with E-state index in [1.807, 2.05) is 12.1 Å². The van der Waals surface area contributed by atoms with E-state index in [2.05, 4.69) is 10.2 Å². The number of carbonyl (C=O) groups is 1. The molecule has 0 atom stereocenters. The third-order valence-corrected chi connectivity index (χ3v) is 5.16. The van der Waals surface area contributed by atoms with Gasteiger partial charge in [0.2, 0.25) is 5.91 Å². The summed E-state index contributed by atoms with van der Waals surface area (Å²) in [6, 6.07) is 14.4. The smallest absolute Gasteiger partial charge is 0.243 e. The van der Waals surface area contributed by atoms with E-state index >= 15 is 0 Å². The average molecular weight is 420 g/mol. The summed E-state index contributed by atoms with van der Waals surface area (Å²) < 4.78 is 5.14. The molecule has 8 heteroatoms. The molecule has 1 heterocycles. The van der Waals surface area contributed by atoms with Crippen LogP contribution in [0.15, 0.2) is 64.8 Å². The van der Waals surface area contributed by atoms with Gasteiger partial charge in [-0.1, -0.05) is 47.1 Å². The summed E-state index contributed by atoms with van der Waals surface area (Å²) in [5.41, 5.74) is 1.54. The highest BCUT2D eigenvalue weighted by molar-refractivity contribution is 8.15. The number of halogens is 2. The fourth-order valence-corrected chi connectivity index (χ4v) is 3.44. The first kappa shape index (κ1) is 19.5. The lowest BCUT2D eigenvalue weighted by Crippen LogP contribution is -2.28. The molecule has 27 heavy (non-hydrogen) atoms. The van der Waals surface area contributed by atoms with Crippen molar-refractivity contribution < 1.29 is 9.53 Å². The zero-order valence-corrected chi connectivity index (χ0v) is 16.6. The largest absolute Gasteiger partial charge is 0.497 e. The van der Waals surface area contributed by atoms with Crippen molar-refractivity contribution in [2.45, 2.75) is 0 Å². The quantitative estimate of drug-likeness (QED) is 0.503. The number of ether oxygens (including phenoxy) is 1. The van der Waals surface area contributed by atoms with Crippen LogP contribution in [0.3, 0.4) is 0 Å². The van der Waals surface area contributed by atoms with E-state index < -0.39 is 0 Å². The third kappa shape index (κ3) is 4.91. The van der Waals surface area contributed by atoms with Gasteiger partial charge in [0, 0.05) is 10.1 Å². The molecule has 138 valence electrons. The van der Waals surface area contributed by atoms with Crippen molar-refractivity contribution in [3.8, 4) is 5.75 Å². The fourth-order valence-electron chi connectivity index (χ4n) is 2.31. The summed E-state index contributed by atoms with van der Waals surface area (Å²) in [5, 5.41) is 9.84. The first-order chi connectivity index (χ1) is 13.1. The highest BCUT2D eigenvalue weighted by Gasteiger charge is 2.29. The van der Waals surface area contributed by atoms with E-state index in [1.165, 1.54) is 22.9 Å². The summed E-state index contributed by atoms with van der Waals surface area (Å²) in [6.07, 6.45) is 3.12. The fraction of sp³-hybridized carbons (Fsp3) is 0.105. The van der Waals surface area contributed by atoms with Crippen molar-refractivity contribution in [1.29, 1.82) is 0 Å². The summed E-state index contributed by atoms with van der Waals surface area (Å²) in [7, 11) is 1.59. The number of anilines is 1. The van der Waals surface area contributed by atoms with Gasteiger partial charge < -0.3 is 4.74 Å². The number of amides is 1. The minimum Gasteiger partial charge on any atom is -0.497 e. The maximum absolute atomic E-state index is 12.2. The third-order valence-electron chi connectivity index (χ3n) is 3.65. The Morgan fingerprint density at radius 3 is 2.56 bits per heavy atom. The van der Waals surface area contributed by atoms with Crippen LogP contribution < -0.4 is 9.64 Å². The Balaban J connectivity index is 1.74. The van der Waals surface area contributed by atoms with E-state index in [-0.39, 0.29) is 5.91 Å². The van der Waals surface area contributed by atoms with Crippen LogP contribution in [0.25, 0.3) is 5.03 Å². The normalized spacial score (nSPS) is 16.6. The minimum atomic E-state index is -0.0474. The number of hydrogen-bond donors (Lipinski definition) is 0. The molecule has 2 aromatic rings. The van der Waals surface area contributed by atoms with Gasteiger partial charge in [-0.15, -0.1) is 5.10 Å². The van der Waals surface area contributed by atoms with Gasteiger partial charge in [-0.3, -0.25) is 9.69 Å². The first-order valence-corrected chi connectivity index (χ1v) is 9.65. The second-order valence-corrected chi connectivity index (χ2v) is 7.17. The lowest BCUT2D eigenvalue weighted by atomic mass is 10.2. The summed E-state index contributed by atoms with van der Waals surface area (Å²) in [4.78, 5) is 13.7. The van der Waals surface area contributed by atoms with Crippen LogP contribution in [-0.2, 0) is 4.79 Å². The van der Waals surface area contributed by atoms with Gasteiger partial charge >= 0.3 is 0 Å². The van der Waals surface area contributed by atoms with Crippen molar-refractivity contribution in [2.24, 2.45) is 10.2 Å². The van der Waals surface area contributed by atoms with Crippen LogP contribution >= 0.6 is 35.0 Å². The average Bonchev–Trinajstić information content (AvgIpc) is 3.06. The Morgan fingerprint density at radius 1 is 1.19 bits per heavy atom. The number of benzene rings is 2. The molecule has 1 aliphatic rings. The lowest BCUT2D eigenvalue weighted by molar-refractivity contribution is -0.115. The number of thioether (sulfide) groups is 1. The highest BCUT2D eigenvalue weighted by Crippen LogP contribution is 2.28. The van der Waals surface area contributed by atoms with Crippen molar-refractivity contribution in [1.82, 2.24) is 0 Å². The first-order valence-electron chi connectivity index (χ1n) is 7.91. The Hall–Kier alpha value is -2.28. The van der Waals surface area contributed by atoms with Gasteiger partial charge in [0.25, 0.3) is 0 Å². The van der Waals surface area contributed by atoms with Gasteiger partial charge in [-0.05, 0) is 48.0 Å². The molecule has 1 aliphatic heterocycles. The molecule has 0 spiro atoms. The van der Waals surface area contributed by atoms with E-state index in [4.69, 9.17) is 27.9 Å². The van der Waals surface area contributed by atoms with Crippen LogP contribution in [-0.4, -0.2) is 30.2 Å². The monoisotopic (exact) mass is 419 g/mol. The lowest BCUT2D eigenvalue weighted by Gasteiger charge is -2.15. The summed E-state index contributed by atoms with van der Waals surface area (Å²) in [5.74, 6) is 0.993. The maximum atomic E-state index is 12.2. The molecule has 1 saturated heterocycles. The number of allylic oxidation sites excluding steroid dienone is 1. The SMILES string of the molecule is COc1ccc(N2C(=O)CSC2=NN=C/C=C(\Cl)c2ccc(Cl)cc2)cc1. The Labute approximate surface area is 171 Å². The molecule has 0 unspecified atom stereocenters. The van der Waals surface area contributed by atoms with Gasteiger partial charge in [0.1, 0.15) is 5.75 Å². The molecular weight excluding hydrogens is 405 g/mol. The number of amidine groups is 1. The zero-order valence-electron chi connectivity index (χ0n) is 14.3. The molecule has 2 aromatic carbocycles. The van der Waals surface area contributed by atoms with Crippen LogP contribution in [0.2, 0.25) is 5.02 Å². The van der Waals surface area contributed by atoms with Crippen molar-refractivity contribution in [3.05, 3.63) is 65.2 Å². The van der Waals surface area contributed by atoms with E-state index in [1.54, 1.807) is 49.6 Å². The van der Waals surface area contributed by atoms with Crippen LogP contribution in [0.1, 0.15) is 5.56 Å². The molecule has 0 saturated carbocycles. The van der Waals surface area contributed by atoms with Crippen LogP contribution in [0.5, 0.6) is 5.75 Å². The molecule has 1 amide bonds. The van der Waals surface area contributed by atoms with Crippen LogP contribution in [0.4, 0.5) is 5.69 Å². The number of nitrogens with zero attached hydrogens (tertiary/aromatic N) is 3. The summed E-state index contributed by atoms with van der Waals surface area (Å²) in [6.45, 7) is 0. The molecule has 0 aromatic heterocycles. The molecule has 5 nitrogen and oxygen atoms in total. The minimum absolute atomic E-state index is 0.0474. The molecule has 1 fully saturated rings. The zero-order chi connectivity index (χ0) is 19.2. The Morgan fingerprint density at radius 2 is 1.89 bits per heavy atom. The van der Waals surface area contributed by atoms with Crippen molar-refractivity contribution in [2.75, 3.05) is 17.8 Å². The van der Waals surface area contributed by atoms with Crippen LogP contribution in [0, 0.1) is 0 Å². The molecule has 3 rings (SSSR count). The van der Waals surface area contributed by atoms with Crippen molar-refractivity contribution >= 4 is 63.0 Å². The van der Waals surface area contributed by atoms with Gasteiger partial charge in [-0.25, -0.2) is 0 Å². The Bertz CT molecular complexity index is 910. The molecule has 0 bridgehead atoms.